The van der Waals surface area contributed by atoms with Crippen molar-refractivity contribution in [1.82, 2.24) is 0 Å². The van der Waals surface area contributed by atoms with Gasteiger partial charge in [-0.1, -0.05) is 60.8 Å². The zero-order valence-corrected chi connectivity index (χ0v) is 15.9. The molecule has 0 aliphatic heterocycles. The van der Waals surface area contributed by atoms with Crippen LogP contribution >= 0.6 is 23.2 Å². The van der Waals surface area contributed by atoms with Crippen LogP contribution in [0.25, 0.3) is 0 Å². The summed E-state index contributed by atoms with van der Waals surface area (Å²) in [4.78, 5) is 0.152. The first kappa shape index (κ1) is 19.3. The van der Waals surface area contributed by atoms with Gasteiger partial charge in [0.2, 0.25) is 0 Å². The molecule has 130 valence electrons. The van der Waals surface area contributed by atoms with E-state index in [1.165, 1.54) is 6.07 Å². The number of halogens is 2. The second kappa shape index (κ2) is 7.87. The highest BCUT2D eigenvalue weighted by Gasteiger charge is 2.27. The summed E-state index contributed by atoms with van der Waals surface area (Å²) in [5.74, 6) is -0.271. The molecular formula is C18H20Cl2O3S. The molecule has 24 heavy (non-hydrogen) atoms. The van der Waals surface area contributed by atoms with E-state index in [0.29, 0.717) is 22.0 Å². The molecule has 2 rings (SSSR count). The van der Waals surface area contributed by atoms with Crippen LogP contribution < -0.4 is 0 Å². The lowest BCUT2D eigenvalue weighted by molar-refractivity contribution is 0.137. The zero-order chi connectivity index (χ0) is 17.9. The van der Waals surface area contributed by atoms with Gasteiger partial charge in [-0.15, -0.1) is 0 Å². The molecule has 0 unspecified atom stereocenters. The van der Waals surface area contributed by atoms with Crippen molar-refractivity contribution in [1.29, 1.82) is 0 Å². The second-order valence-electron chi connectivity index (χ2n) is 5.82. The van der Waals surface area contributed by atoms with Crippen LogP contribution in [0.15, 0.2) is 47.4 Å². The first-order valence-electron chi connectivity index (χ1n) is 7.67. The molecule has 0 saturated heterocycles. The van der Waals surface area contributed by atoms with Gasteiger partial charge in [-0.2, -0.15) is 0 Å². The van der Waals surface area contributed by atoms with Crippen LogP contribution in [0.5, 0.6) is 0 Å². The van der Waals surface area contributed by atoms with E-state index in [1.807, 2.05) is 13.0 Å². The van der Waals surface area contributed by atoms with Crippen molar-refractivity contribution in [2.24, 2.45) is 0 Å². The van der Waals surface area contributed by atoms with E-state index in [4.69, 9.17) is 23.2 Å². The van der Waals surface area contributed by atoms with Gasteiger partial charge in [-0.25, -0.2) is 8.42 Å². The fourth-order valence-corrected chi connectivity index (χ4v) is 4.09. The van der Waals surface area contributed by atoms with Crippen LogP contribution in [-0.2, 0) is 9.84 Å². The molecule has 2 aromatic carbocycles. The van der Waals surface area contributed by atoms with E-state index in [9.17, 15) is 13.5 Å². The molecule has 0 bridgehead atoms. The lowest BCUT2D eigenvalue weighted by Crippen LogP contribution is -2.14. The Kier molecular flexibility index (Phi) is 6.32. The Morgan fingerprint density at radius 1 is 1.08 bits per heavy atom. The van der Waals surface area contributed by atoms with Gasteiger partial charge < -0.3 is 5.11 Å². The molecule has 0 heterocycles. The molecular weight excluding hydrogens is 367 g/mol. The summed E-state index contributed by atoms with van der Waals surface area (Å²) in [6, 6.07) is 11.8. The summed E-state index contributed by atoms with van der Waals surface area (Å²) in [6.45, 7) is 2.01. The van der Waals surface area contributed by atoms with Crippen molar-refractivity contribution >= 4 is 33.0 Å². The van der Waals surface area contributed by atoms with Gasteiger partial charge in [-0.05, 0) is 35.7 Å². The van der Waals surface area contributed by atoms with Crippen LogP contribution in [0.1, 0.15) is 42.9 Å². The minimum absolute atomic E-state index is 0.152. The molecule has 0 saturated carbocycles. The molecule has 1 N–H and O–H groups in total. The maximum Gasteiger partial charge on any atom is 0.175 e. The van der Waals surface area contributed by atoms with Crippen molar-refractivity contribution in [3.8, 4) is 0 Å². The van der Waals surface area contributed by atoms with Crippen molar-refractivity contribution in [3.05, 3.63) is 63.6 Å². The minimum atomic E-state index is -3.43. The average molecular weight is 387 g/mol. The van der Waals surface area contributed by atoms with Crippen LogP contribution in [0.4, 0.5) is 0 Å². The molecule has 0 radical (unpaired) electrons. The molecule has 0 aliphatic carbocycles. The smallest absolute Gasteiger partial charge is 0.175 e. The van der Waals surface area contributed by atoms with Crippen LogP contribution in [0.2, 0.25) is 10.0 Å². The minimum Gasteiger partial charge on any atom is -0.388 e. The fourth-order valence-electron chi connectivity index (χ4n) is 2.84. The van der Waals surface area contributed by atoms with Gasteiger partial charge in [-0.3, -0.25) is 0 Å². The topological polar surface area (TPSA) is 54.4 Å². The Morgan fingerprint density at radius 2 is 1.75 bits per heavy atom. The molecule has 0 aromatic heterocycles. The Balaban J connectivity index is 2.51. The first-order chi connectivity index (χ1) is 11.3. The van der Waals surface area contributed by atoms with E-state index in [1.54, 1.807) is 30.3 Å². The molecule has 6 heteroatoms. The molecule has 2 atom stereocenters. The quantitative estimate of drug-likeness (QED) is 0.758. The fraction of sp³-hybridized carbons (Fsp3) is 0.333. The van der Waals surface area contributed by atoms with Gasteiger partial charge in [0.1, 0.15) is 0 Å². The average Bonchev–Trinajstić information content (AvgIpc) is 2.54. The number of sulfone groups is 1. The van der Waals surface area contributed by atoms with Crippen LogP contribution in [0, 0.1) is 0 Å². The Labute approximate surface area is 153 Å². The van der Waals surface area contributed by atoms with Gasteiger partial charge in [0.15, 0.2) is 9.84 Å². The Bertz CT molecular complexity index is 819. The number of aliphatic hydroxyl groups is 1. The van der Waals surface area contributed by atoms with E-state index in [-0.39, 0.29) is 10.8 Å². The summed E-state index contributed by atoms with van der Waals surface area (Å²) < 4.78 is 24.0. The molecule has 0 aliphatic rings. The molecule has 2 aromatic rings. The third-order valence-electron chi connectivity index (χ3n) is 3.99. The maximum atomic E-state index is 12.0. The van der Waals surface area contributed by atoms with Gasteiger partial charge in [0.05, 0.1) is 21.0 Å². The van der Waals surface area contributed by atoms with Gasteiger partial charge in [0, 0.05) is 12.2 Å². The number of rotatable bonds is 6. The van der Waals surface area contributed by atoms with Crippen molar-refractivity contribution in [3.63, 3.8) is 0 Å². The molecule has 0 fully saturated rings. The maximum absolute atomic E-state index is 12.0. The summed E-state index contributed by atoms with van der Waals surface area (Å²) in [6.07, 6.45) is 1.72. The number of hydrogen-bond acceptors (Lipinski definition) is 3. The summed E-state index contributed by atoms with van der Waals surface area (Å²) in [5.41, 5.74) is 1.24. The van der Waals surface area contributed by atoms with Crippen LogP contribution in [0.3, 0.4) is 0 Å². The lowest BCUT2D eigenvalue weighted by atomic mass is 9.86. The monoisotopic (exact) mass is 386 g/mol. The standard InChI is InChI=1S/C18H20Cl2O3S/c1-3-6-13(12-9-10-15(19)16(20)11-12)18(21)14-7-4-5-8-17(14)24(2,22)23/h4-5,7-11,13,18,21H,3,6H2,1-2H3/t13-,18-/m1/s1. The normalized spacial score (nSPS) is 14.4. The lowest BCUT2D eigenvalue weighted by Gasteiger charge is -2.25. The van der Waals surface area contributed by atoms with Gasteiger partial charge >= 0.3 is 0 Å². The van der Waals surface area contributed by atoms with Crippen molar-refractivity contribution < 1.29 is 13.5 Å². The molecule has 0 spiro atoms. The van der Waals surface area contributed by atoms with E-state index >= 15 is 0 Å². The highest BCUT2D eigenvalue weighted by atomic mass is 35.5. The Hall–Kier alpha value is -1.07. The highest BCUT2D eigenvalue weighted by Crippen LogP contribution is 2.39. The highest BCUT2D eigenvalue weighted by molar-refractivity contribution is 7.90. The predicted octanol–water partition coefficient (Wildman–Crippen LogP) is 5.01. The van der Waals surface area contributed by atoms with E-state index < -0.39 is 15.9 Å². The number of aliphatic hydroxyl groups excluding tert-OH is 1. The zero-order valence-electron chi connectivity index (χ0n) is 13.5. The third-order valence-corrected chi connectivity index (χ3v) is 5.90. The largest absolute Gasteiger partial charge is 0.388 e. The summed E-state index contributed by atoms with van der Waals surface area (Å²) in [7, 11) is -3.43. The molecule has 3 nitrogen and oxygen atoms in total. The Morgan fingerprint density at radius 3 is 2.33 bits per heavy atom. The second-order valence-corrected chi connectivity index (χ2v) is 8.62. The SMILES string of the molecule is CCC[C@H](c1ccc(Cl)c(Cl)c1)[C@@H](O)c1ccccc1S(C)(=O)=O. The summed E-state index contributed by atoms with van der Waals surface area (Å²) in [5, 5.41) is 11.8. The number of hydrogen-bond donors (Lipinski definition) is 1. The summed E-state index contributed by atoms with van der Waals surface area (Å²) >= 11 is 12.1. The van der Waals surface area contributed by atoms with Crippen molar-refractivity contribution in [2.45, 2.75) is 36.7 Å². The van der Waals surface area contributed by atoms with Gasteiger partial charge in [0.25, 0.3) is 0 Å². The van der Waals surface area contributed by atoms with E-state index in [0.717, 1.165) is 18.2 Å². The third kappa shape index (κ3) is 4.31. The van der Waals surface area contributed by atoms with E-state index in [2.05, 4.69) is 0 Å². The first-order valence-corrected chi connectivity index (χ1v) is 10.3. The molecule has 0 amide bonds. The van der Waals surface area contributed by atoms with Crippen molar-refractivity contribution in [2.75, 3.05) is 6.26 Å². The number of benzene rings is 2. The predicted molar refractivity (Wildman–Crippen MR) is 98.6 cm³/mol. The van der Waals surface area contributed by atoms with Crippen LogP contribution in [-0.4, -0.2) is 19.8 Å².